The third-order valence-electron chi connectivity index (χ3n) is 8.72. The highest BCUT2D eigenvalue weighted by Gasteiger charge is 2.14. The Labute approximate surface area is 239 Å². The van der Waals surface area contributed by atoms with E-state index in [1.807, 2.05) is 0 Å². The monoisotopic (exact) mass is 539 g/mol. The van der Waals surface area contributed by atoms with E-state index in [1.165, 1.54) is 180 Å². The van der Waals surface area contributed by atoms with Crippen molar-refractivity contribution in [1.82, 2.24) is 0 Å². The van der Waals surface area contributed by atoms with Crippen molar-refractivity contribution in [1.29, 1.82) is 0 Å². The minimum Gasteiger partial charge on any atom is -0.106 e. The average molecular weight is 539 g/mol. The van der Waals surface area contributed by atoms with Gasteiger partial charge in [0.05, 0.1) is 0 Å². The number of hydrogen-bond acceptors (Lipinski definition) is 0. The van der Waals surface area contributed by atoms with Crippen molar-refractivity contribution < 1.29 is 0 Å². The predicted molar refractivity (Wildman–Crippen MR) is 177 cm³/mol. The summed E-state index contributed by atoms with van der Waals surface area (Å²) in [6, 6.07) is 0. The van der Waals surface area contributed by atoms with Crippen molar-refractivity contribution in [3.63, 3.8) is 0 Å². The Bertz CT molecular complexity index is 392. The standard InChI is InChI=1S/C36H75P/c1-5-9-12-13-14-15-16-17-18-19-20-21-22-23-24-25-26-27-28-29-30-31-34-37(33-11-7-3)35-36(8-4)32-10-6-2/h36H,5-35H2,1-4H3. The first kappa shape index (κ1) is 37.4. The molecule has 0 nitrogen and oxygen atoms in total. The van der Waals surface area contributed by atoms with Gasteiger partial charge in [-0.1, -0.05) is 195 Å². The minimum atomic E-state index is 0.324. The van der Waals surface area contributed by atoms with Crippen molar-refractivity contribution in [3.05, 3.63) is 0 Å². The third kappa shape index (κ3) is 29.2. The first-order valence-corrected chi connectivity index (χ1v) is 19.9. The van der Waals surface area contributed by atoms with Crippen LogP contribution in [-0.2, 0) is 0 Å². The Morgan fingerprint density at radius 3 is 1.03 bits per heavy atom. The number of rotatable bonds is 32. The molecule has 224 valence electrons. The van der Waals surface area contributed by atoms with Crippen molar-refractivity contribution in [2.24, 2.45) is 5.92 Å². The van der Waals surface area contributed by atoms with Crippen LogP contribution in [0.2, 0.25) is 0 Å². The molecule has 0 spiro atoms. The van der Waals surface area contributed by atoms with Gasteiger partial charge in [0, 0.05) is 0 Å². The van der Waals surface area contributed by atoms with Gasteiger partial charge in [0.1, 0.15) is 0 Å². The van der Waals surface area contributed by atoms with Gasteiger partial charge in [-0.05, 0) is 37.2 Å². The maximum absolute atomic E-state index is 2.44. The largest absolute Gasteiger partial charge is 0.106 e. The third-order valence-corrected chi connectivity index (χ3v) is 11.6. The normalized spacial score (nSPS) is 13.3. The van der Waals surface area contributed by atoms with Crippen LogP contribution >= 0.6 is 7.92 Å². The molecular formula is C36H75P. The molecule has 2 unspecified atom stereocenters. The van der Waals surface area contributed by atoms with E-state index in [2.05, 4.69) is 27.7 Å². The molecular weight excluding hydrogens is 463 g/mol. The summed E-state index contributed by atoms with van der Waals surface area (Å²) >= 11 is 0. The molecule has 0 heterocycles. The van der Waals surface area contributed by atoms with E-state index in [1.54, 1.807) is 18.5 Å². The van der Waals surface area contributed by atoms with Crippen molar-refractivity contribution >= 4 is 7.92 Å². The second kappa shape index (κ2) is 32.6. The van der Waals surface area contributed by atoms with Gasteiger partial charge in [0.2, 0.25) is 0 Å². The first-order valence-electron chi connectivity index (χ1n) is 18.0. The molecule has 0 aromatic carbocycles. The zero-order valence-electron chi connectivity index (χ0n) is 26.9. The SMILES string of the molecule is CCCCCCCCCCCCCCCCCCCCCCCCP(CCCC)CC(CC)CCCC. The number of unbranched alkanes of at least 4 members (excludes halogenated alkanes) is 23. The Morgan fingerprint density at radius 2 is 0.676 bits per heavy atom. The van der Waals surface area contributed by atoms with E-state index in [4.69, 9.17) is 0 Å². The van der Waals surface area contributed by atoms with Crippen LogP contribution in [0.4, 0.5) is 0 Å². The van der Waals surface area contributed by atoms with Crippen LogP contribution in [-0.4, -0.2) is 18.5 Å². The van der Waals surface area contributed by atoms with E-state index >= 15 is 0 Å². The smallest absolute Gasteiger partial charge is 0.0297 e. The van der Waals surface area contributed by atoms with Crippen LogP contribution in [0, 0.1) is 5.92 Å². The van der Waals surface area contributed by atoms with Gasteiger partial charge in [0.15, 0.2) is 0 Å². The Morgan fingerprint density at radius 1 is 0.351 bits per heavy atom. The van der Waals surface area contributed by atoms with Crippen molar-refractivity contribution in [2.45, 2.75) is 207 Å². The molecule has 0 radical (unpaired) electrons. The molecule has 0 amide bonds. The van der Waals surface area contributed by atoms with Gasteiger partial charge in [0.25, 0.3) is 0 Å². The van der Waals surface area contributed by atoms with Crippen LogP contribution in [0.15, 0.2) is 0 Å². The lowest BCUT2D eigenvalue weighted by molar-refractivity contribution is 0.496. The molecule has 0 saturated heterocycles. The van der Waals surface area contributed by atoms with Crippen LogP contribution in [0.3, 0.4) is 0 Å². The van der Waals surface area contributed by atoms with E-state index in [9.17, 15) is 0 Å². The summed E-state index contributed by atoms with van der Waals surface area (Å²) in [5.74, 6) is 1.03. The van der Waals surface area contributed by atoms with E-state index in [0.29, 0.717) is 7.92 Å². The molecule has 1 heteroatoms. The first-order chi connectivity index (χ1) is 18.3. The highest BCUT2D eigenvalue weighted by atomic mass is 31.1. The fourth-order valence-electron chi connectivity index (χ4n) is 5.90. The molecule has 0 bridgehead atoms. The molecule has 0 rings (SSSR count). The Hall–Kier alpha value is 0.430. The number of hydrogen-bond donors (Lipinski definition) is 0. The zero-order valence-corrected chi connectivity index (χ0v) is 27.8. The van der Waals surface area contributed by atoms with Crippen LogP contribution in [0.25, 0.3) is 0 Å². The van der Waals surface area contributed by atoms with Gasteiger partial charge >= 0.3 is 0 Å². The second-order valence-corrected chi connectivity index (χ2v) is 15.1. The van der Waals surface area contributed by atoms with Gasteiger partial charge in [-0.15, -0.1) is 7.92 Å². The van der Waals surface area contributed by atoms with Crippen molar-refractivity contribution in [2.75, 3.05) is 18.5 Å². The summed E-state index contributed by atoms with van der Waals surface area (Å²) in [7, 11) is 0.324. The lowest BCUT2D eigenvalue weighted by Gasteiger charge is -2.23. The molecule has 0 aliphatic carbocycles. The van der Waals surface area contributed by atoms with Crippen LogP contribution < -0.4 is 0 Å². The van der Waals surface area contributed by atoms with Gasteiger partial charge in [-0.25, -0.2) is 0 Å². The fourth-order valence-corrected chi connectivity index (χ4v) is 9.10. The maximum atomic E-state index is 2.44. The summed E-state index contributed by atoms with van der Waals surface area (Å²) in [4.78, 5) is 0. The molecule has 0 saturated carbocycles. The van der Waals surface area contributed by atoms with Crippen LogP contribution in [0.1, 0.15) is 207 Å². The highest BCUT2D eigenvalue weighted by Crippen LogP contribution is 2.41. The quantitative estimate of drug-likeness (QED) is 0.0590. The molecule has 0 aliphatic rings. The predicted octanol–water partition coefficient (Wildman–Crippen LogP) is 14.1. The average Bonchev–Trinajstić information content (AvgIpc) is 2.91. The summed E-state index contributed by atoms with van der Waals surface area (Å²) in [5.41, 5.74) is 0. The second-order valence-electron chi connectivity index (χ2n) is 12.5. The summed E-state index contributed by atoms with van der Waals surface area (Å²) in [6.07, 6.45) is 46.1. The molecule has 0 fully saturated rings. The highest BCUT2D eigenvalue weighted by molar-refractivity contribution is 7.57. The molecule has 37 heavy (non-hydrogen) atoms. The lowest BCUT2D eigenvalue weighted by Crippen LogP contribution is -2.07. The Kier molecular flexibility index (Phi) is 33.0. The molecule has 0 aromatic heterocycles. The molecule has 0 N–H and O–H groups in total. The summed E-state index contributed by atoms with van der Waals surface area (Å²) in [6.45, 7) is 9.48. The van der Waals surface area contributed by atoms with E-state index in [-0.39, 0.29) is 0 Å². The van der Waals surface area contributed by atoms with E-state index in [0.717, 1.165) is 5.92 Å². The topological polar surface area (TPSA) is 0 Å². The van der Waals surface area contributed by atoms with E-state index < -0.39 is 0 Å². The summed E-state index contributed by atoms with van der Waals surface area (Å²) < 4.78 is 0. The molecule has 0 aromatic rings. The minimum absolute atomic E-state index is 0.324. The van der Waals surface area contributed by atoms with Gasteiger partial charge < -0.3 is 0 Å². The summed E-state index contributed by atoms with van der Waals surface area (Å²) in [5, 5.41) is 0. The van der Waals surface area contributed by atoms with Gasteiger partial charge in [-0.2, -0.15) is 0 Å². The Balaban J connectivity index is 3.42. The lowest BCUT2D eigenvalue weighted by atomic mass is 10.0. The maximum Gasteiger partial charge on any atom is -0.0297 e. The zero-order chi connectivity index (χ0) is 27.1. The molecule has 2 atom stereocenters. The van der Waals surface area contributed by atoms with Gasteiger partial charge in [-0.3, -0.25) is 0 Å². The van der Waals surface area contributed by atoms with Crippen molar-refractivity contribution in [3.8, 4) is 0 Å². The fraction of sp³-hybridized carbons (Fsp3) is 1.00. The van der Waals surface area contributed by atoms with Crippen LogP contribution in [0.5, 0.6) is 0 Å². The molecule has 0 aliphatic heterocycles.